The molecule has 0 atom stereocenters. The van der Waals surface area contributed by atoms with Gasteiger partial charge in [0.2, 0.25) is 0 Å². The molecule has 0 radical (unpaired) electrons. The van der Waals surface area contributed by atoms with Gasteiger partial charge < -0.3 is 5.11 Å². The van der Waals surface area contributed by atoms with Gasteiger partial charge in [-0.2, -0.15) is 0 Å². The van der Waals surface area contributed by atoms with Crippen LogP contribution in [0.3, 0.4) is 0 Å². The van der Waals surface area contributed by atoms with E-state index in [1.165, 1.54) is 28.9 Å². The van der Waals surface area contributed by atoms with Crippen LogP contribution in [0.2, 0.25) is 0 Å². The Morgan fingerprint density at radius 2 is 1.70 bits per heavy atom. The second-order valence-electron chi connectivity index (χ2n) is 7.53. The fourth-order valence-corrected chi connectivity index (χ4v) is 3.59. The summed E-state index contributed by atoms with van der Waals surface area (Å²) in [6.07, 6.45) is 0.666. The van der Waals surface area contributed by atoms with Gasteiger partial charge in [0.25, 0.3) is 11.2 Å². The van der Waals surface area contributed by atoms with Crippen molar-refractivity contribution in [1.29, 1.82) is 0 Å². The Kier molecular flexibility index (Phi) is 6.17. The van der Waals surface area contributed by atoms with E-state index in [1.54, 1.807) is 19.1 Å². The molecule has 0 aliphatic carbocycles. The van der Waals surface area contributed by atoms with E-state index in [-0.39, 0.29) is 17.0 Å². The number of aromatic hydroxyl groups is 1. The van der Waals surface area contributed by atoms with E-state index in [0.29, 0.717) is 35.6 Å². The Morgan fingerprint density at radius 3 is 2.33 bits per heavy atom. The quantitative estimate of drug-likeness (QED) is 0.249. The Bertz CT molecular complexity index is 1350. The molecule has 3 aromatic carbocycles. The highest BCUT2D eigenvalue weighted by molar-refractivity contribution is 6.03. The van der Waals surface area contributed by atoms with Crippen LogP contribution in [0.4, 0.5) is 5.69 Å². The number of nitro groups is 1. The van der Waals surface area contributed by atoms with E-state index < -0.39 is 4.92 Å². The normalized spacial score (nSPS) is 11.5. The molecule has 2 N–H and O–H groups in total. The number of H-pyrrole nitrogens is 1. The van der Waals surface area contributed by atoms with Gasteiger partial charge in [0, 0.05) is 30.0 Å². The van der Waals surface area contributed by atoms with E-state index >= 15 is 0 Å². The SMILES string of the molecule is CC(=NCCc1ccc(O)cc1)c1c(-c2ccccc2)[nH]n(-c2ccc([N+](=O)[O-])cc2)c1=O. The highest BCUT2D eigenvalue weighted by Crippen LogP contribution is 2.22. The molecule has 0 unspecified atom stereocenters. The lowest BCUT2D eigenvalue weighted by molar-refractivity contribution is -0.384. The van der Waals surface area contributed by atoms with Gasteiger partial charge in [-0.1, -0.05) is 42.5 Å². The van der Waals surface area contributed by atoms with Crippen LogP contribution in [0.1, 0.15) is 18.1 Å². The van der Waals surface area contributed by atoms with Gasteiger partial charge in [0.05, 0.1) is 21.9 Å². The third kappa shape index (κ3) is 4.74. The van der Waals surface area contributed by atoms with Crippen LogP contribution in [-0.2, 0) is 6.42 Å². The number of hydrogen-bond acceptors (Lipinski definition) is 5. The van der Waals surface area contributed by atoms with Gasteiger partial charge in [-0.15, -0.1) is 0 Å². The molecule has 0 amide bonds. The molecule has 0 aliphatic rings. The van der Waals surface area contributed by atoms with Crippen LogP contribution < -0.4 is 5.56 Å². The number of benzene rings is 3. The van der Waals surface area contributed by atoms with Gasteiger partial charge in [0.15, 0.2) is 0 Å². The fraction of sp³-hybridized carbons (Fsp3) is 0.120. The van der Waals surface area contributed by atoms with Gasteiger partial charge in [-0.25, -0.2) is 4.68 Å². The smallest absolute Gasteiger partial charge is 0.280 e. The Labute approximate surface area is 189 Å². The van der Waals surface area contributed by atoms with Crippen molar-refractivity contribution in [3.05, 3.63) is 110 Å². The summed E-state index contributed by atoms with van der Waals surface area (Å²) in [4.78, 5) is 28.5. The summed E-state index contributed by atoms with van der Waals surface area (Å²) in [6, 6.07) is 22.2. The minimum absolute atomic E-state index is 0.0474. The molecule has 166 valence electrons. The predicted molar refractivity (Wildman–Crippen MR) is 127 cm³/mol. The van der Waals surface area contributed by atoms with Crippen molar-refractivity contribution in [3.63, 3.8) is 0 Å². The second kappa shape index (κ2) is 9.35. The van der Waals surface area contributed by atoms with Crippen molar-refractivity contribution in [3.8, 4) is 22.7 Å². The van der Waals surface area contributed by atoms with Gasteiger partial charge in [0.1, 0.15) is 5.75 Å². The van der Waals surface area contributed by atoms with E-state index in [9.17, 15) is 20.0 Å². The first-order valence-corrected chi connectivity index (χ1v) is 10.4. The molecule has 4 aromatic rings. The molecule has 8 heteroatoms. The summed E-state index contributed by atoms with van der Waals surface area (Å²) in [6.45, 7) is 2.28. The van der Waals surface area contributed by atoms with Crippen LogP contribution >= 0.6 is 0 Å². The maximum Gasteiger partial charge on any atom is 0.280 e. The van der Waals surface area contributed by atoms with Crippen LogP contribution in [0, 0.1) is 10.1 Å². The summed E-state index contributed by atoms with van der Waals surface area (Å²) in [5.74, 6) is 0.213. The summed E-state index contributed by atoms with van der Waals surface area (Å²) in [5.41, 5.74) is 3.70. The largest absolute Gasteiger partial charge is 0.508 e. The summed E-state index contributed by atoms with van der Waals surface area (Å²) < 4.78 is 1.38. The average molecular weight is 442 g/mol. The summed E-state index contributed by atoms with van der Waals surface area (Å²) >= 11 is 0. The predicted octanol–water partition coefficient (Wildman–Crippen LogP) is 4.50. The number of aliphatic imine (C=N–C) groups is 1. The number of nitrogens with one attached hydrogen (secondary N) is 1. The minimum Gasteiger partial charge on any atom is -0.508 e. The maximum atomic E-state index is 13.4. The molecular formula is C25H22N4O4. The lowest BCUT2D eigenvalue weighted by atomic mass is 10.1. The number of nitro benzene ring substituents is 1. The first kappa shape index (κ1) is 21.8. The number of aromatic nitrogens is 2. The first-order valence-electron chi connectivity index (χ1n) is 10.4. The standard InChI is InChI=1S/C25H22N4O4/c1-17(26-16-15-18-7-13-22(30)14-8-18)23-24(19-5-3-2-4-6-19)27-28(25(23)31)20-9-11-21(12-10-20)29(32)33/h2-14,27,30H,15-16H2,1H3. The van der Waals surface area contributed by atoms with Gasteiger partial charge in [-0.3, -0.25) is 25.0 Å². The zero-order valence-corrected chi connectivity index (χ0v) is 17.9. The minimum atomic E-state index is -0.479. The molecule has 0 spiro atoms. The van der Waals surface area contributed by atoms with E-state index in [1.807, 2.05) is 42.5 Å². The van der Waals surface area contributed by atoms with Crippen LogP contribution in [0.5, 0.6) is 5.75 Å². The van der Waals surface area contributed by atoms with Crippen LogP contribution in [0.25, 0.3) is 16.9 Å². The fourth-order valence-electron chi connectivity index (χ4n) is 3.59. The molecule has 0 fully saturated rings. The summed E-state index contributed by atoms with van der Waals surface area (Å²) in [5, 5.41) is 23.5. The van der Waals surface area contributed by atoms with Crippen LogP contribution in [0.15, 0.2) is 88.6 Å². The second-order valence-corrected chi connectivity index (χ2v) is 7.53. The van der Waals surface area contributed by atoms with E-state index in [2.05, 4.69) is 10.1 Å². The monoisotopic (exact) mass is 442 g/mol. The Balaban J connectivity index is 1.71. The van der Waals surface area contributed by atoms with Crippen molar-refractivity contribution in [2.75, 3.05) is 6.54 Å². The molecule has 4 rings (SSSR count). The van der Waals surface area contributed by atoms with Gasteiger partial charge in [-0.05, 0) is 43.2 Å². The average Bonchev–Trinajstić information content (AvgIpc) is 3.18. The molecule has 0 bridgehead atoms. The Morgan fingerprint density at radius 1 is 1.03 bits per heavy atom. The molecular weight excluding hydrogens is 420 g/mol. The molecule has 0 saturated carbocycles. The van der Waals surface area contributed by atoms with Crippen molar-refractivity contribution in [1.82, 2.24) is 9.78 Å². The summed E-state index contributed by atoms with van der Waals surface area (Å²) in [7, 11) is 0. The van der Waals surface area contributed by atoms with Crippen molar-refractivity contribution < 1.29 is 10.0 Å². The molecule has 8 nitrogen and oxygen atoms in total. The molecule has 33 heavy (non-hydrogen) atoms. The number of nitrogens with zero attached hydrogens (tertiary/aromatic N) is 3. The molecule has 1 heterocycles. The van der Waals surface area contributed by atoms with Crippen LogP contribution in [-0.4, -0.2) is 32.1 Å². The molecule has 1 aromatic heterocycles. The van der Waals surface area contributed by atoms with Gasteiger partial charge >= 0.3 is 0 Å². The highest BCUT2D eigenvalue weighted by Gasteiger charge is 2.19. The maximum absolute atomic E-state index is 13.4. The lowest BCUT2D eigenvalue weighted by Crippen LogP contribution is -2.20. The van der Waals surface area contributed by atoms with E-state index in [4.69, 9.17) is 0 Å². The highest BCUT2D eigenvalue weighted by atomic mass is 16.6. The van der Waals surface area contributed by atoms with Crippen molar-refractivity contribution >= 4 is 11.4 Å². The number of aromatic amines is 1. The van der Waals surface area contributed by atoms with Crippen molar-refractivity contribution in [2.24, 2.45) is 4.99 Å². The number of non-ortho nitro benzene ring substituents is 1. The molecule has 0 saturated heterocycles. The molecule has 0 aliphatic heterocycles. The first-order chi connectivity index (χ1) is 15.9. The lowest BCUT2D eigenvalue weighted by Gasteiger charge is -2.04. The van der Waals surface area contributed by atoms with E-state index in [0.717, 1.165) is 11.1 Å². The third-order valence-corrected chi connectivity index (χ3v) is 5.32. The number of phenols is 1. The number of phenolic OH excluding ortho intramolecular Hbond substituents is 1. The number of rotatable bonds is 7. The Hall–Kier alpha value is -4.46. The zero-order valence-electron chi connectivity index (χ0n) is 17.9. The zero-order chi connectivity index (χ0) is 23.4. The topological polar surface area (TPSA) is 114 Å². The van der Waals surface area contributed by atoms with Crippen molar-refractivity contribution in [2.45, 2.75) is 13.3 Å². The number of hydrogen-bond donors (Lipinski definition) is 2. The third-order valence-electron chi connectivity index (χ3n) is 5.32.